The Morgan fingerprint density at radius 1 is 0.952 bits per heavy atom. The number of para-hydroxylation sites is 1. The van der Waals surface area contributed by atoms with Crippen molar-refractivity contribution in [3.8, 4) is 0 Å². The summed E-state index contributed by atoms with van der Waals surface area (Å²) < 4.78 is 0. The summed E-state index contributed by atoms with van der Waals surface area (Å²) in [6.45, 7) is 5.02. The van der Waals surface area contributed by atoms with Gasteiger partial charge in [-0.2, -0.15) is 0 Å². The van der Waals surface area contributed by atoms with Crippen LogP contribution < -0.4 is 4.90 Å². The number of benzene rings is 2. The maximum atomic E-state index is 6.16. The Hall–Kier alpha value is -2.13. The highest BCUT2D eigenvalue weighted by Crippen LogP contribution is 2.33. The minimum Gasteiger partial charge on any atom is -0.324 e. The van der Waals surface area contributed by atoms with Gasteiger partial charge in [-0.05, 0) is 25.5 Å². The Morgan fingerprint density at radius 2 is 1.62 bits per heavy atom. The van der Waals surface area contributed by atoms with E-state index in [0.717, 1.165) is 28.8 Å². The van der Waals surface area contributed by atoms with Crippen molar-refractivity contribution in [1.29, 1.82) is 0 Å². The minimum absolute atomic E-state index is 0.440. The Balaban J connectivity index is 2.23. The molecule has 4 heteroatoms. The number of nitrogens with zero attached hydrogens (tertiary/aromatic N) is 3. The monoisotopic (exact) mass is 297 g/mol. The first-order valence-electron chi connectivity index (χ1n) is 6.96. The molecule has 0 aliphatic rings. The molecule has 3 aromatic rings. The molecule has 1 heterocycles. The topological polar surface area (TPSA) is 29.0 Å². The van der Waals surface area contributed by atoms with Crippen molar-refractivity contribution in [3.63, 3.8) is 0 Å². The molecule has 0 aliphatic heterocycles. The van der Waals surface area contributed by atoms with E-state index < -0.39 is 0 Å². The Bertz CT molecular complexity index is 786. The molecule has 0 atom stereocenters. The summed E-state index contributed by atoms with van der Waals surface area (Å²) >= 11 is 6.16. The van der Waals surface area contributed by atoms with Crippen LogP contribution in [0, 0.1) is 6.92 Å². The predicted molar refractivity (Wildman–Crippen MR) is 88.4 cm³/mol. The second-order valence-corrected chi connectivity index (χ2v) is 5.25. The standard InChI is InChI=1S/C17H16ClN3/c1-3-21(15-11-7-4-8-12(15)2)17-14-10-6-5-9-13(14)16(18)19-20-17/h4-11H,3H2,1-2H3. The van der Waals surface area contributed by atoms with E-state index in [-0.39, 0.29) is 0 Å². The Kier molecular flexibility index (Phi) is 3.76. The van der Waals surface area contributed by atoms with Crippen LogP contribution in [0.2, 0.25) is 5.15 Å². The summed E-state index contributed by atoms with van der Waals surface area (Å²) in [5.41, 5.74) is 2.35. The predicted octanol–water partition coefficient (Wildman–Crippen LogP) is 4.75. The largest absolute Gasteiger partial charge is 0.324 e. The van der Waals surface area contributed by atoms with Crippen LogP contribution >= 0.6 is 11.6 Å². The first kappa shape index (κ1) is 13.8. The molecule has 21 heavy (non-hydrogen) atoms. The number of hydrogen-bond acceptors (Lipinski definition) is 3. The fraction of sp³-hybridized carbons (Fsp3) is 0.176. The van der Waals surface area contributed by atoms with Crippen molar-refractivity contribution in [3.05, 3.63) is 59.2 Å². The van der Waals surface area contributed by atoms with E-state index in [1.165, 1.54) is 5.56 Å². The highest BCUT2D eigenvalue weighted by molar-refractivity contribution is 6.34. The average molecular weight is 298 g/mol. The molecule has 0 spiro atoms. The van der Waals surface area contributed by atoms with Gasteiger partial charge in [0.05, 0.1) is 0 Å². The lowest BCUT2D eigenvalue weighted by molar-refractivity contribution is 0.941. The van der Waals surface area contributed by atoms with Crippen molar-refractivity contribution in [2.45, 2.75) is 13.8 Å². The van der Waals surface area contributed by atoms with Crippen LogP contribution in [0.1, 0.15) is 12.5 Å². The van der Waals surface area contributed by atoms with E-state index in [1.54, 1.807) is 0 Å². The molecule has 0 unspecified atom stereocenters. The number of fused-ring (bicyclic) bond motifs is 1. The number of halogens is 1. The van der Waals surface area contributed by atoms with Gasteiger partial charge >= 0.3 is 0 Å². The zero-order valence-electron chi connectivity index (χ0n) is 12.0. The summed E-state index contributed by atoms with van der Waals surface area (Å²) in [6, 6.07) is 16.2. The highest BCUT2D eigenvalue weighted by Gasteiger charge is 2.16. The van der Waals surface area contributed by atoms with E-state index >= 15 is 0 Å². The third kappa shape index (κ3) is 2.45. The van der Waals surface area contributed by atoms with Crippen molar-refractivity contribution in [2.75, 3.05) is 11.4 Å². The maximum Gasteiger partial charge on any atom is 0.163 e. The lowest BCUT2D eigenvalue weighted by Gasteiger charge is -2.24. The highest BCUT2D eigenvalue weighted by atomic mass is 35.5. The van der Waals surface area contributed by atoms with Gasteiger partial charge in [-0.1, -0.05) is 54.1 Å². The number of aromatic nitrogens is 2. The van der Waals surface area contributed by atoms with E-state index in [1.807, 2.05) is 36.4 Å². The molecule has 3 rings (SSSR count). The van der Waals surface area contributed by atoms with Crippen LogP contribution in [0.5, 0.6) is 0 Å². The van der Waals surface area contributed by atoms with E-state index in [2.05, 4.69) is 41.1 Å². The molecule has 0 saturated heterocycles. The third-order valence-corrected chi connectivity index (χ3v) is 3.88. The number of aryl methyl sites for hydroxylation is 1. The van der Waals surface area contributed by atoms with E-state index in [9.17, 15) is 0 Å². The van der Waals surface area contributed by atoms with Gasteiger partial charge < -0.3 is 4.90 Å². The zero-order chi connectivity index (χ0) is 14.8. The summed E-state index contributed by atoms with van der Waals surface area (Å²) in [5.74, 6) is 0.840. The molecule has 106 valence electrons. The van der Waals surface area contributed by atoms with Gasteiger partial charge in [0.1, 0.15) is 0 Å². The van der Waals surface area contributed by atoms with Crippen LogP contribution in [0.25, 0.3) is 10.8 Å². The normalized spacial score (nSPS) is 10.8. The molecule has 3 nitrogen and oxygen atoms in total. The van der Waals surface area contributed by atoms with Crippen LogP contribution in [0.15, 0.2) is 48.5 Å². The maximum absolute atomic E-state index is 6.16. The second-order valence-electron chi connectivity index (χ2n) is 4.89. The first-order chi connectivity index (χ1) is 10.2. The van der Waals surface area contributed by atoms with Crippen molar-refractivity contribution >= 4 is 33.9 Å². The first-order valence-corrected chi connectivity index (χ1v) is 7.34. The summed E-state index contributed by atoms with van der Waals surface area (Å²) in [5, 5.41) is 10.8. The van der Waals surface area contributed by atoms with Crippen molar-refractivity contribution in [2.24, 2.45) is 0 Å². The third-order valence-electron chi connectivity index (χ3n) is 3.60. The molecule has 2 aromatic carbocycles. The number of rotatable bonds is 3. The lowest BCUT2D eigenvalue weighted by atomic mass is 10.1. The van der Waals surface area contributed by atoms with Gasteiger partial charge in [0.2, 0.25) is 0 Å². The van der Waals surface area contributed by atoms with E-state index in [0.29, 0.717) is 5.15 Å². The molecule has 0 aliphatic carbocycles. The molecule has 0 amide bonds. The van der Waals surface area contributed by atoms with Gasteiger partial charge in [-0.15, -0.1) is 10.2 Å². The summed E-state index contributed by atoms with van der Waals surface area (Å²) in [4.78, 5) is 2.17. The number of hydrogen-bond donors (Lipinski definition) is 0. The lowest BCUT2D eigenvalue weighted by Crippen LogP contribution is -2.19. The molecule has 0 N–H and O–H groups in total. The SMILES string of the molecule is CCN(c1ccccc1C)c1nnc(Cl)c2ccccc12. The quantitative estimate of drug-likeness (QED) is 0.698. The number of anilines is 2. The molecule has 0 saturated carbocycles. The van der Waals surface area contributed by atoms with Gasteiger partial charge in [-0.3, -0.25) is 0 Å². The van der Waals surface area contributed by atoms with Crippen LogP contribution in [-0.2, 0) is 0 Å². The summed E-state index contributed by atoms with van der Waals surface area (Å²) in [6.07, 6.45) is 0. The van der Waals surface area contributed by atoms with Crippen LogP contribution in [-0.4, -0.2) is 16.7 Å². The van der Waals surface area contributed by atoms with Gasteiger partial charge in [0, 0.05) is 23.0 Å². The Labute approximate surface area is 129 Å². The molecule has 0 radical (unpaired) electrons. The van der Waals surface area contributed by atoms with Gasteiger partial charge in [0.15, 0.2) is 11.0 Å². The Morgan fingerprint density at radius 3 is 2.33 bits per heavy atom. The fourth-order valence-electron chi connectivity index (χ4n) is 2.56. The average Bonchev–Trinajstić information content (AvgIpc) is 2.52. The smallest absolute Gasteiger partial charge is 0.163 e. The molecular formula is C17H16ClN3. The van der Waals surface area contributed by atoms with Crippen LogP contribution in [0.3, 0.4) is 0 Å². The molecule has 1 aromatic heterocycles. The van der Waals surface area contributed by atoms with Crippen molar-refractivity contribution in [1.82, 2.24) is 10.2 Å². The minimum atomic E-state index is 0.440. The zero-order valence-corrected chi connectivity index (χ0v) is 12.8. The second kappa shape index (κ2) is 5.70. The van der Waals surface area contributed by atoms with Crippen LogP contribution in [0.4, 0.5) is 11.5 Å². The molecule has 0 bridgehead atoms. The van der Waals surface area contributed by atoms with E-state index in [4.69, 9.17) is 11.6 Å². The molecular weight excluding hydrogens is 282 g/mol. The fourth-order valence-corrected chi connectivity index (χ4v) is 2.76. The molecule has 0 fully saturated rings. The van der Waals surface area contributed by atoms with Gasteiger partial charge in [0.25, 0.3) is 0 Å². The van der Waals surface area contributed by atoms with Gasteiger partial charge in [-0.25, -0.2) is 0 Å². The summed E-state index contributed by atoms with van der Waals surface area (Å²) in [7, 11) is 0. The van der Waals surface area contributed by atoms with Crippen molar-refractivity contribution < 1.29 is 0 Å².